The van der Waals surface area contributed by atoms with Crippen molar-refractivity contribution in [3.05, 3.63) is 206 Å². The predicted molar refractivity (Wildman–Crippen MR) is 212 cm³/mol. The Hall–Kier alpha value is -6.64. The van der Waals surface area contributed by atoms with Gasteiger partial charge in [-0.15, -0.1) is 0 Å². The highest BCUT2D eigenvalue weighted by Crippen LogP contribution is 2.41. The molecule has 0 aliphatic carbocycles. The molecule has 2 heteroatoms. The molecule has 0 bridgehead atoms. The van der Waals surface area contributed by atoms with E-state index in [4.69, 9.17) is 0 Å². The Kier molecular flexibility index (Phi) is 7.53. The highest BCUT2D eigenvalue weighted by molar-refractivity contribution is 6.09. The molecule has 0 N–H and O–H groups in total. The SMILES string of the molecule is c1ccc(-c2ccccc2N(c2ccccc2)c2ccc(-c3ccc(-c4ccc(-n5c6ccccc6c6ccccc65)cc4)cc3)cc2)cc1. The van der Waals surface area contributed by atoms with Gasteiger partial charge in [0.15, 0.2) is 0 Å². The van der Waals surface area contributed by atoms with E-state index >= 15 is 0 Å². The molecule has 9 rings (SSSR count). The molecule has 9 aromatic rings. The van der Waals surface area contributed by atoms with Gasteiger partial charge in [0, 0.05) is 33.4 Å². The molecule has 0 radical (unpaired) electrons. The molecule has 0 aliphatic heterocycles. The Morgan fingerprint density at radius 1 is 0.300 bits per heavy atom. The minimum atomic E-state index is 1.11. The van der Waals surface area contributed by atoms with Crippen molar-refractivity contribution in [3.63, 3.8) is 0 Å². The van der Waals surface area contributed by atoms with E-state index in [-0.39, 0.29) is 0 Å². The van der Waals surface area contributed by atoms with Crippen LogP contribution in [0.3, 0.4) is 0 Å². The van der Waals surface area contributed by atoms with Crippen molar-refractivity contribution in [2.45, 2.75) is 0 Å². The van der Waals surface area contributed by atoms with E-state index in [9.17, 15) is 0 Å². The second-order valence-corrected chi connectivity index (χ2v) is 12.6. The molecule has 2 nitrogen and oxygen atoms in total. The number of nitrogens with zero attached hydrogens (tertiary/aromatic N) is 2. The molecule has 0 spiro atoms. The van der Waals surface area contributed by atoms with Gasteiger partial charge in [0.05, 0.1) is 16.7 Å². The summed E-state index contributed by atoms with van der Waals surface area (Å²) in [4.78, 5) is 2.35. The second-order valence-electron chi connectivity index (χ2n) is 12.6. The third-order valence-corrected chi connectivity index (χ3v) is 9.63. The number of aromatic nitrogens is 1. The van der Waals surface area contributed by atoms with E-state index < -0.39 is 0 Å². The van der Waals surface area contributed by atoms with Gasteiger partial charge in [0.1, 0.15) is 0 Å². The number of benzene rings is 8. The number of fused-ring (bicyclic) bond motifs is 3. The van der Waals surface area contributed by atoms with Gasteiger partial charge in [-0.1, -0.05) is 152 Å². The highest BCUT2D eigenvalue weighted by atomic mass is 15.1. The van der Waals surface area contributed by atoms with Crippen LogP contribution >= 0.6 is 0 Å². The first-order valence-electron chi connectivity index (χ1n) is 17.1. The van der Waals surface area contributed by atoms with Gasteiger partial charge in [-0.05, 0) is 82.4 Å². The number of para-hydroxylation sites is 4. The molecule has 8 aromatic carbocycles. The summed E-state index contributed by atoms with van der Waals surface area (Å²) in [6.07, 6.45) is 0. The van der Waals surface area contributed by atoms with Gasteiger partial charge in [0.2, 0.25) is 0 Å². The first-order valence-corrected chi connectivity index (χ1v) is 17.1. The van der Waals surface area contributed by atoms with Crippen molar-refractivity contribution < 1.29 is 0 Å². The van der Waals surface area contributed by atoms with E-state index in [0.29, 0.717) is 0 Å². The molecular formula is C48H34N2. The van der Waals surface area contributed by atoms with Gasteiger partial charge in [0.25, 0.3) is 0 Å². The second kappa shape index (κ2) is 12.8. The van der Waals surface area contributed by atoms with Gasteiger partial charge in [-0.2, -0.15) is 0 Å². The predicted octanol–water partition coefficient (Wildman–Crippen LogP) is 13.3. The van der Waals surface area contributed by atoms with E-state index in [1.807, 2.05) is 0 Å². The summed E-state index contributed by atoms with van der Waals surface area (Å²) in [6.45, 7) is 0. The van der Waals surface area contributed by atoms with Crippen molar-refractivity contribution in [2.24, 2.45) is 0 Å². The molecule has 0 aliphatic rings. The lowest BCUT2D eigenvalue weighted by atomic mass is 9.99. The Morgan fingerprint density at radius 3 is 1.30 bits per heavy atom. The van der Waals surface area contributed by atoms with Gasteiger partial charge in [-0.3, -0.25) is 0 Å². The fraction of sp³-hybridized carbons (Fsp3) is 0. The quantitative estimate of drug-likeness (QED) is 0.169. The molecule has 0 unspecified atom stereocenters. The van der Waals surface area contributed by atoms with E-state index in [0.717, 1.165) is 17.1 Å². The van der Waals surface area contributed by atoms with Crippen LogP contribution in [0.5, 0.6) is 0 Å². The Bertz CT molecular complexity index is 2490. The molecular weight excluding hydrogens is 605 g/mol. The normalized spacial score (nSPS) is 11.2. The summed E-state index contributed by atoms with van der Waals surface area (Å²) in [5, 5.41) is 2.56. The molecule has 0 fully saturated rings. The van der Waals surface area contributed by atoms with E-state index in [2.05, 4.69) is 216 Å². The average Bonchev–Trinajstić information content (AvgIpc) is 3.54. The number of hydrogen-bond acceptors (Lipinski definition) is 1. The maximum absolute atomic E-state index is 2.36. The van der Waals surface area contributed by atoms with Crippen LogP contribution in [0, 0.1) is 0 Å². The van der Waals surface area contributed by atoms with Crippen molar-refractivity contribution in [3.8, 4) is 39.1 Å². The van der Waals surface area contributed by atoms with Crippen LogP contribution in [0.2, 0.25) is 0 Å². The Morgan fingerprint density at radius 2 is 0.720 bits per heavy atom. The standard InChI is InChI=1S/C48H34N2/c1-3-13-39(14-4-1)43-17-7-10-20-46(43)49(40-15-5-2-6-16-40)41-31-27-37(28-32-41)35-23-25-36(26-24-35)38-29-33-42(34-30-38)50-47-21-11-8-18-44(47)45-19-9-12-22-48(45)50/h1-34H. The van der Waals surface area contributed by atoms with E-state index in [1.54, 1.807) is 0 Å². The summed E-state index contributed by atoms with van der Waals surface area (Å²) in [7, 11) is 0. The minimum absolute atomic E-state index is 1.11. The fourth-order valence-electron chi connectivity index (χ4n) is 7.20. The van der Waals surface area contributed by atoms with Crippen LogP contribution < -0.4 is 4.90 Å². The van der Waals surface area contributed by atoms with Crippen LogP contribution in [0.1, 0.15) is 0 Å². The van der Waals surface area contributed by atoms with Gasteiger partial charge >= 0.3 is 0 Å². The summed E-state index contributed by atoms with van der Waals surface area (Å²) < 4.78 is 2.36. The summed E-state index contributed by atoms with van der Waals surface area (Å²) in [5.41, 5.74) is 14.2. The number of rotatable bonds is 7. The third-order valence-electron chi connectivity index (χ3n) is 9.63. The lowest BCUT2D eigenvalue weighted by molar-refractivity contribution is 1.18. The van der Waals surface area contributed by atoms with Crippen LogP contribution in [0.15, 0.2) is 206 Å². The first-order chi connectivity index (χ1) is 24.8. The average molecular weight is 639 g/mol. The summed E-state index contributed by atoms with van der Waals surface area (Å²) in [6, 6.07) is 73.9. The molecule has 50 heavy (non-hydrogen) atoms. The zero-order chi connectivity index (χ0) is 33.3. The maximum atomic E-state index is 2.36. The number of anilines is 3. The fourth-order valence-corrected chi connectivity index (χ4v) is 7.20. The van der Waals surface area contributed by atoms with Crippen LogP contribution in [0.4, 0.5) is 17.1 Å². The van der Waals surface area contributed by atoms with Crippen molar-refractivity contribution in [1.82, 2.24) is 4.57 Å². The molecule has 1 heterocycles. The lowest BCUT2D eigenvalue weighted by Gasteiger charge is -2.28. The minimum Gasteiger partial charge on any atom is -0.310 e. The smallest absolute Gasteiger partial charge is 0.0541 e. The Labute approximate surface area is 292 Å². The molecule has 0 atom stereocenters. The van der Waals surface area contributed by atoms with Crippen molar-refractivity contribution >= 4 is 38.9 Å². The van der Waals surface area contributed by atoms with Crippen LogP contribution in [-0.4, -0.2) is 4.57 Å². The molecule has 1 aromatic heterocycles. The van der Waals surface area contributed by atoms with Gasteiger partial charge in [-0.25, -0.2) is 0 Å². The van der Waals surface area contributed by atoms with Crippen LogP contribution in [-0.2, 0) is 0 Å². The molecule has 0 saturated carbocycles. The van der Waals surface area contributed by atoms with Gasteiger partial charge < -0.3 is 9.47 Å². The summed E-state index contributed by atoms with van der Waals surface area (Å²) in [5.74, 6) is 0. The number of hydrogen-bond donors (Lipinski definition) is 0. The third kappa shape index (κ3) is 5.34. The zero-order valence-electron chi connectivity index (χ0n) is 27.5. The largest absolute Gasteiger partial charge is 0.310 e. The molecule has 236 valence electrons. The van der Waals surface area contributed by atoms with E-state index in [1.165, 1.54) is 60.9 Å². The lowest BCUT2D eigenvalue weighted by Crippen LogP contribution is -2.11. The monoisotopic (exact) mass is 638 g/mol. The van der Waals surface area contributed by atoms with Crippen molar-refractivity contribution in [1.29, 1.82) is 0 Å². The summed E-state index contributed by atoms with van der Waals surface area (Å²) >= 11 is 0. The van der Waals surface area contributed by atoms with Crippen LogP contribution in [0.25, 0.3) is 60.9 Å². The zero-order valence-corrected chi connectivity index (χ0v) is 27.5. The highest BCUT2D eigenvalue weighted by Gasteiger charge is 2.17. The molecule has 0 amide bonds. The van der Waals surface area contributed by atoms with Crippen molar-refractivity contribution in [2.75, 3.05) is 4.90 Å². The first kappa shape index (κ1) is 29.5. The Balaban J connectivity index is 1.01. The maximum Gasteiger partial charge on any atom is 0.0541 e. The molecule has 0 saturated heterocycles. The topological polar surface area (TPSA) is 8.17 Å².